The van der Waals surface area contributed by atoms with Crippen molar-refractivity contribution < 1.29 is 9.50 Å². The number of aliphatic hydroxyl groups excluding tert-OH is 1. The summed E-state index contributed by atoms with van der Waals surface area (Å²) >= 11 is 0. The Morgan fingerprint density at radius 1 is 1.32 bits per heavy atom. The molecule has 6 heteroatoms. The molecule has 0 amide bonds. The fraction of sp³-hybridized carbons (Fsp3) is 0.692. The van der Waals surface area contributed by atoms with E-state index in [1.807, 2.05) is 20.8 Å². The monoisotopic (exact) mass is 270 g/mol. The zero-order valence-electron chi connectivity index (χ0n) is 11.8. The highest BCUT2D eigenvalue weighted by molar-refractivity contribution is 5.43. The number of halogens is 1. The van der Waals surface area contributed by atoms with Gasteiger partial charge in [0.2, 0.25) is 5.95 Å². The van der Waals surface area contributed by atoms with Crippen molar-refractivity contribution in [3.63, 3.8) is 0 Å². The number of hydrogen-bond donors (Lipinski definition) is 3. The average molecular weight is 270 g/mol. The lowest BCUT2D eigenvalue weighted by atomic mass is 9.94. The zero-order chi connectivity index (χ0) is 14.3. The van der Waals surface area contributed by atoms with Crippen molar-refractivity contribution in [1.82, 2.24) is 9.97 Å². The summed E-state index contributed by atoms with van der Waals surface area (Å²) in [5, 5.41) is 15.5. The Labute approximate surface area is 113 Å². The summed E-state index contributed by atoms with van der Waals surface area (Å²) in [6, 6.07) is 0. The van der Waals surface area contributed by atoms with E-state index < -0.39 is 11.4 Å². The molecule has 0 saturated heterocycles. The lowest BCUT2D eigenvalue weighted by Gasteiger charge is -2.31. The highest BCUT2D eigenvalue weighted by atomic mass is 19.1. The molecule has 0 bridgehead atoms. The van der Waals surface area contributed by atoms with Crippen molar-refractivity contribution in [1.29, 1.82) is 0 Å². The molecular weight excluding hydrogens is 247 g/mol. The van der Waals surface area contributed by atoms with Crippen LogP contribution in [-0.4, -0.2) is 33.8 Å². The molecule has 0 spiro atoms. The van der Waals surface area contributed by atoms with E-state index in [0.29, 0.717) is 18.8 Å². The molecule has 0 aromatic carbocycles. The van der Waals surface area contributed by atoms with Gasteiger partial charge in [-0.25, -0.2) is 9.37 Å². The molecule has 1 rings (SSSR count). The summed E-state index contributed by atoms with van der Waals surface area (Å²) in [6.45, 7) is 6.59. The van der Waals surface area contributed by atoms with Gasteiger partial charge in [-0.2, -0.15) is 4.98 Å². The second-order valence-corrected chi connectivity index (χ2v) is 4.59. The molecule has 1 heterocycles. The molecule has 0 aliphatic rings. The lowest BCUT2D eigenvalue weighted by molar-refractivity contribution is 0.201. The van der Waals surface area contributed by atoms with Gasteiger partial charge in [-0.05, 0) is 19.3 Å². The first-order valence-electron chi connectivity index (χ1n) is 6.76. The Bertz CT molecular complexity index is 388. The molecule has 19 heavy (non-hydrogen) atoms. The maximum atomic E-state index is 13.7. The zero-order valence-corrected chi connectivity index (χ0v) is 11.8. The van der Waals surface area contributed by atoms with Crippen LogP contribution in [0.4, 0.5) is 16.2 Å². The van der Waals surface area contributed by atoms with Gasteiger partial charge in [-0.15, -0.1) is 0 Å². The molecule has 0 radical (unpaired) electrons. The first-order chi connectivity index (χ1) is 9.10. The predicted octanol–water partition coefficient (Wildman–Crippen LogP) is 2.40. The molecule has 3 N–H and O–H groups in total. The SMILES string of the molecule is CCCNc1ncc(F)c(NC(CC)(CC)CO)n1. The van der Waals surface area contributed by atoms with Crippen molar-refractivity contribution in [3.05, 3.63) is 12.0 Å². The lowest BCUT2D eigenvalue weighted by Crippen LogP contribution is -2.41. The molecule has 0 saturated carbocycles. The summed E-state index contributed by atoms with van der Waals surface area (Å²) in [4.78, 5) is 8.00. The normalized spacial score (nSPS) is 11.4. The number of rotatable bonds is 8. The third kappa shape index (κ3) is 4.02. The number of hydrogen-bond acceptors (Lipinski definition) is 5. The molecule has 0 atom stereocenters. The molecule has 1 aromatic rings. The first-order valence-corrected chi connectivity index (χ1v) is 6.76. The van der Waals surface area contributed by atoms with E-state index in [-0.39, 0.29) is 12.4 Å². The van der Waals surface area contributed by atoms with Crippen LogP contribution in [0.25, 0.3) is 0 Å². The second kappa shape index (κ2) is 7.23. The van der Waals surface area contributed by atoms with Crippen LogP contribution >= 0.6 is 0 Å². The van der Waals surface area contributed by atoms with Gasteiger partial charge in [-0.1, -0.05) is 20.8 Å². The number of nitrogens with zero attached hydrogens (tertiary/aromatic N) is 2. The van der Waals surface area contributed by atoms with Crippen molar-refractivity contribution in [2.75, 3.05) is 23.8 Å². The minimum atomic E-state index is -0.544. The van der Waals surface area contributed by atoms with Gasteiger partial charge in [0, 0.05) is 6.54 Å². The third-order valence-corrected chi connectivity index (χ3v) is 3.32. The van der Waals surface area contributed by atoms with Crippen molar-refractivity contribution in [2.45, 2.75) is 45.6 Å². The topological polar surface area (TPSA) is 70.1 Å². The number of aliphatic hydroxyl groups is 1. The van der Waals surface area contributed by atoms with E-state index in [4.69, 9.17) is 0 Å². The average Bonchev–Trinajstić information content (AvgIpc) is 2.45. The molecular formula is C13H23FN4O. The fourth-order valence-corrected chi connectivity index (χ4v) is 1.72. The molecule has 108 valence electrons. The molecule has 1 aromatic heterocycles. The van der Waals surface area contributed by atoms with E-state index in [1.165, 1.54) is 0 Å². The second-order valence-electron chi connectivity index (χ2n) is 4.59. The Kier molecular flexibility index (Phi) is 5.95. The summed E-state index contributed by atoms with van der Waals surface area (Å²) in [5.74, 6) is 0.0120. The van der Waals surface area contributed by atoms with Gasteiger partial charge in [0.1, 0.15) is 0 Å². The van der Waals surface area contributed by atoms with E-state index >= 15 is 0 Å². The van der Waals surface area contributed by atoms with E-state index in [9.17, 15) is 9.50 Å². The van der Waals surface area contributed by atoms with E-state index in [2.05, 4.69) is 20.6 Å². The van der Waals surface area contributed by atoms with Crippen LogP contribution in [0.3, 0.4) is 0 Å². The van der Waals surface area contributed by atoms with Gasteiger partial charge >= 0.3 is 0 Å². The van der Waals surface area contributed by atoms with Gasteiger partial charge in [-0.3, -0.25) is 0 Å². The summed E-state index contributed by atoms with van der Waals surface area (Å²) < 4.78 is 13.7. The maximum absolute atomic E-state index is 13.7. The van der Waals surface area contributed by atoms with Gasteiger partial charge in [0.05, 0.1) is 18.3 Å². The largest absolute Gasteiger partial charge is 0.394 e. The van der Waals surface area contributed by atoms with Crippen LogP contribution in [0.5, 0.6) is 0 Å². The van der Waals surface area contributed by atoms with Crippen LogP contribution in [0.15, 0.2) is 6.20 Å². The summed E-state index contributed by atoms with van der Waals surface area (Å²) in [5.41, 5.74) is -0.544. The van der Waals surface area contributed by atoms with Crippen LogP contribution in [0.1, 0.15) is 40.0 Å². The fourth-order valence-electron chi connectivity index (χ4n) is 1.72. The van der Waals surface area contributed by atoms with Crippen LogP contribution in [-0.2, 0) is 0 Å². The van der Waals surface area contributed by atoms with E-state index in [0.717, 1.165) is 19.2 Å². The highest BCUT2D eigenvalue weighted by Gasteiger charge is 2.26. The van der Waals surface area contributed by atoms with Gasteiger partial charge in [0.15, 0.2) is 11.6 Å². The maximum Gasteiger partial charge on any atom is 0.224 e. The standard InChI is InChI=1S/C13H23FN4O/c1-4-7-15-12-16-8-10(14)11(17-12)18-13(5-2,6-3)9-19/h8,19H,4-7,9H2,1-3H3,(H2,15,16,17,18). The van der Waals surface area contributed by atoms with Crippen LogP contribution in [0, 0.1) is 5.82 Å². The number of nitrogens with one attached hydrogen (secondary N) is 2. The summed E-state index contributed by atoms with van der Waals surface area (Å²) in [7, 11) is 0. The van der Waals surface area contributed by atoms with Crippen molar-refractivity contribution in [3.8, 4) is 0 Å². The highest BCUT2D eigenvalue weighted by Crippen LogP contribution is 2.23. The predicted molar refractivity (Wildman–Crippen MR) is 74.8 cm³/mol. The Balaban J connectivity index is 2.92. The molecule has 5 nitrogen and oxygen atoms in total. The quantitative estimate of drug-likeness (QED) is 0.676. The molecule has 0 fully saturated rings. The minimum Gasteiger partial charge on any atom is -0.394 e. The van der Waals surface area contributed by atoms with Crippen molar-refractivity contribution in [2.24, 2.45) is 0 Å². The van der Waals surface area contributed by atoms with Crippen LogP contribution < -0.4 is 10.6 Å². The van der Waals surface area contributed by atoms with Gasteiger partial charge < -0.3 is 15.7 Å². The molecule has 0 aliphatic carbocycles. The molecule has 0 unspecified atom stereocenters. The van der Waals surface area contributed by atoms with Crippen LogP contribution in [0.2, 0.25) is 0 Å². The van der Waals surface area contributed by atoms with Crippen molar-refractivity contribution >= 4 is 11.8 Å². The molecule has 0 aliphatic heterocycles. The van der Waals surface area contributed by atoms with E-state index in [1.54, 1.807) is 0 Å². The Morgan fingerprint density at radius 3 is 2.53 bits per heavy atom. The smallest absolute Gasteiger partial charge is 0.224 e. The van der Waals surface area contributed by atoms with Gasteiger partial charge in [0.25, 0.3) is 0 Å². The first kappa shape index (κ1) is 15.6. The minimum absolute atomic E-state index is 0.0683. The third-order valence-electron chi connectivity index (χ3n) is 3.32. The summed E-state index contributed by atoms with van der Waals surface area (Å²) in [6.07, 6.45) is 3.44. The Hall–Kier alpha value is -1.43. The number of aromatic nitrogens is 2. The Morgan fingerprint density at radius 2 is 2.00 bits per heavy atom. The number of anilines is 2.